The monoisotopic (exact) mass is 324 g/mol. The van der Waals surface area contributed by atoms with Crippen molar-refractivity contribution < 1.29 is 13.5 Å². The highest BCUT2D eigenvalue weighted by Gasteiger charge is 2.44. The van der Waals surface area contributed by atoms with Gasteiger partial charge in [0.2, 0.25) is 0 Å². The Hall–Kier alpha value is -2.66. The number of hydrogen-bond acceptors (Lipinski definition) is 4. The first-order valence-corrected chi connectivity index (χ1v) is 7.83. The maximum Gasteiger partial charge on any atom is 0.299 e. The molecule has 0 bridgehead atoms. The molecule has 1 aromatic heterocycles. The number of benzene rings is 2. The Morgan fingerprint density at radius 3 is 2.67 bits per heavy atom. The first-order valence-electron chi connectivity index (χ1n) is 7.83. The molecule has 4 nitrogen and oxygen atoms in total. The minimum Gasteiger partial charge on any atom is -0.423 e. The van der Waals surface area contributed by atoms with Gasteiger partial charge in [-0.05, 0) is 48.7 Å². The number of aromatic nitrogens is 1. The SMILES string of the molecule is COC1(c2cccc(-c3cnc(Nc4ccc(F)cc4)o3)c2)CC1. The lowest BCUT2D eigenvalue weighted by molar-refractivity contribution is 0.0789. The van der Waals surface area contributed by atoms with Gasteiger partial charge >= 0.3 is 0 Å². The predicted octanol–water partition coefficient (Wildman–Crippen LogP) is 4.86. The molecule has 0 atom stereocenters. The fourth-order valence-electron chi connectivity index (χ4n) is 2.80. The van der Waals surface area contributed by atoms with Gasteiger partial charge in [-0.2, -0.15) is 0 Å². The summed E-state index contributed by atoms with van der Waals surface area (Å²) in [4.78, 5) is 4.24. The molecule has 1 heterocycles. The Morgan fingerprint density at radius 1 is 1.17 bits per heavy atom. The molecule has 1 saturated carbocycles. The van der Waals surface area contributed by atoms with Crippen molar-refractivity contribution in [2.24, 2.45) is 0 Å². The van der Waals surface area contributed by atoms with Gasteiger partial charge in [0.05, 0.1) is 11.8 Å². The highest BCUT2D eigenvalue weighted by molar-refractivity contribution is 5.61. The van der Waals surface area contributed by atoms with E-state index in [2.05, 4.69) is 22.4 Å². The molecule has 1 N–H and O–H groups in total. The minimum absolute atomic E-state index is 0.134. The number of nitrogens with zero attached hydrogens (tertiary/aromatic N) is 1. The fourth-order valence-corrected chi connectivity index (χ4v) is 2.80. The van der Waals surface area contributed by atoms with E-state index < -0.39 is 0 Å². The Morgan fingerprint density at radius 2 is 1.96 bits per heavy atom. The largest absolute Gasteiger partial charge is 0.423 e. The van der Waals surface area contributed by atoms with Gasteiger partial charge < -0.3 is 14.5 Å². The molecule has 5 heteroatoms. The summed E-state index contributed by atoms with van der Waals surface area (Å²) < 4.78 is 24.3. The summed E-state index contributed by atoms with van der Waals surface area (Å²) in [7, 11) is 1.75. The first kappa shape index (κ1) is 14.9. The maximum atomic E-state index is 12.9. The lowest BCUT2D eigenvalue weighted by Gasteiger charge is -2.14. The fraction of sp³-hybridized carbons (Fsp3) is 0.211. The van der Waals surface area contributed by atoms with E-state index in [1.54, 1.807) is 25.4 Å². The van der Waals surface area contributed by atoms with E-state index in [0.29, 0.717) is 11.8 Å². The molecule has 0 saturated heterocycles. The van der Waals surface area contributed by atoms with Crippen LogP contribution in [0.3, 0.4) is 0 Å². The Labute approximate surface area is 139 Å². The van der Waals surface area contributed by atoms with Gasteiger partial charge in [0.1, 0.15) is 5.82 Å². The summed E-state index contributed by atoms with van der Waals surface area (Å²) in [6.45, 7) is 0. The van der Waals surface area contributed by atoms with Crippen LogP contribution < -0.4 is 5.32 Å². The third-order valence-electron chi connectivity index (χ3n) is 4.37. The summed E-state index contributed by atoms with van der Waals surface area (Å²) in [6.07, 6.45) is 3.76. The molecular weight excluding hydrogens is 307 g/mol. The van der Waals surface area contributed by atoms with Gasteiger partial charge in [0.15, 0.2) is 5.76 Å². The summed E-state index contributed by atoms with van der Waals surface area (Å²) in [5.74, 6) is 0.394. The zero-order chi connectivity index (χ0) is 16.6. The Kier molecular flexibility index (Phi) is 3.58. The molecule has 0 aliphatic heterocycles. The van der Waals surface area contributed by atoms with Gasteiger partial charge in [-0.3, -0.25) is 0 Å². The Bertz CT molecular complexity index is 854. The Balaban J connectivity index is 1.56. The van der Waals surface area contributed by atoms with Crippen LogP contribution in [0.25, 0.3) is 11.3 Å². The average Bonchev–Trinajstić information content (AvgIpc) is 3.29. The first-order chi connectivity index (χ1) is 11.7. The van der Waals surface area contributed by atoms with Crippen molar-refractivity contribution in [1.29, 1.82) is 0 Å². The average molecular weight is 324 g/mol. The van der Waals surface area contributed by atoms with E-state index in [9.17, 15) is 4.39 Å². The van der Waals surface area contributed by atoms with Crippen molar-refractivity contribution in [3.63, 3.8) is 0 Å². The van der Waals surface area contributed by atoms with Crippen molar-refractivity contribution in [3.8, 4) is 11.3 Å². The van der Waals surface area contributed by atoms with Crippen LogP contribution in [0.5, 0.6) is 0 Å². The zero-order valence-corrected chi connectivity index (χ0v) is 13.3. The van der Waals surface area contributed by atoms with E-state index in [0.717, 1.165) is 29.7 Å². The molecule has 0 spiro atoms. The maximum absolute atomic E-state index is 12.9. The van der Waals surface area contributed by atoms with E-state index in [4.69, 9.17) is 9.15 Å². The smallest absolute Gasteiger partial charge is 0.299 e. The zero-order valence-electron chi connectivity index (χ0n) is 13.3. The molecule has 0 amide bonds. The van der Waals surface area contributed by atoms with Crippen molar-refractivity contribution in [2.45, 2.75) is 18.4 Å². The second kappa shape index (κ2) is 5.76. The molecule has 122 valence electrons. The second-order valence-electron chi connectivity index (χ2n) is 5.94. The number of hydrogen-bond donors (Lipinski definition) is 1. The predicted molar refractivity (Wildman–Crippen MR) is 89.5 cm³/mol. The van der Waals surface area contributed by atoms with Gasteiger partial charge in [-0.1, -0.05) is 18.2 Å². The van der Waals surface area contributed by atoms with Gasteiger partial charge in [-0.25, -0.2) is 9.37 Å². The molecule has 0 unspecified atom stereocenters. The molecule has 2 aromatic carbocycles. The van der Waals surface area contributed by atoms with E-state index in [1.165, 1.54) is 12.1 Å². The van der Waals surface area contributed by atoms with Crippen LogP contribution in [0, 0.1) is 5.82 Å². The number of nitrogens with one attached hydrogen (secondary N) is 1. The second-order valence-corrected chi connectivity index (χ2v) is 5.94. The van der Waals surface area contributed by atoms with E-state index in [1.807, 2.05) is 12.1 Å². The summed E-state index contributed by atoms with van der Waals surface area (Å²) in [6, 6.07) is 14.5. The normalized spacial score (nSPS) is 15.2. The molecule has 1 aliphatic rings. The molecular formula is C19H17FN2O2. The van der Waals surface area contributed by atoms with Crippen molar-refractivity contribution in [3.05, 3.63) is 66.1 Å². The van der Waals surface area contributed by atoms with Crippen LogP contribution in [-0.2, 0) is 10.3 Å². The molecule has 3 aromatic rings. The summed E-state index contributed by atoms with van der Waals surface area (Å²) >= 11 is 0. The number of methoxy groups -OCH3 is 1. The van der Waals surface area contributed by atoms with Gasteiger partial charge in [0.25, 0.3) is 6.01 Å². The highest BCUT2D eigenvalue weighted by atomic mass is 19.1. The van der Waals surface area contributed by atoms with Crippen LogP contribution in [0.4, 0.5) is 16.1 Å². The highest BCUT2D eigenvalue weighted by Crippen LogP contribution is 2.49. The quantitative estimate of drug-likeness (QED) is 0.728. The van der Waals surface area contributed by atoms with Crippen molar-refractivity contribution in [2.75, 3.05) is 12.4 Å². The van der Waals surface area contributed by atoms with Gasteiger partial charge in [0, 0.05) is 18.4 Å². The minimum atomic E-state index is -0.280. The topological polar surface area (TPSA) is 47.3 Å². The number of ether oxygens (including phenoxy) is 1. The standard InChI is InChI=1S/C19H17FN2O2/c1-23-19(9-10-19)14-4-2-3-13(11-14)17-12-21-18(24-17)22-16-7-5-15(20)6-8-16/h2-8,11-12H,9-10H2,1H3,(H,21,22). The summed E-state index contributed by atoms with van der Waals surface area (Å²) in [5.41, 5.74) is 2.70. The third-order valence-corrected chi connectivity index (χ3v) is 4.37. The van der Waals surface area contributed by atoms with Crippen LogP contribution in [0.1, 0.15) is 18.4 Å². The number of halogens is 1. The molecule has 24 heavy (non-hydrogen) atoms. The van der Waals surface area contributed by atoms with Crippen LogP contribution >= 0.6 is 0 Å². The lowest BCUT2D eigenvalue weighted by Crippen LogP contribution is -2.08. The van der Waals surface area contributed by atoms with Gasteiger partial charge in [-0.15, -0.1) is 0 Å². The summed E-state index contributed by atoms with van der Waals surface area (Å²) in [5, 5.41) is 3.02. The van der Waals surface area contributed by atoms with Crippen LogP contribution in [0.15, 0.2) is 59.1 Å². The number of anilines is 2. The number of rotatable bonds is 5. The van der Waals surface area contributed by atoms with E-state index >= 15 is 0 Å². The van der Waals surface area contributed by atoms with Crippen LogP contribution in [0.2, 0.25) is 0 Å². The lowest BCUT2D eigenvalue weighted by atomic mass is 10.0. The van der Waals surface area contributed by atoms with Crippen LogP contribution in [-0.4, -0.2) is 12.1 Å². The van der Waals surface area contributed by atoms with Crippen molar-refractivity contribution >= 4 is 11.7 Å². The molecule has 1 fully saturated rings. The number of oxazole rings is 1. The van der Waals surface area contributed by atoms with E-state index in [-0.39, 0.29) is 11.4 Å². The molecule has 4 rings (SSSR count). The molecule has 1 aliphatic carbocycles. The molecule has 0 radical (unpaired) electrons. The van der Waals surface area contributed by atoms with Crippen molar-refractivity contribution in [1.82, 2.24) is 4.98 Å². The third kappa shape index (κ3) is 2.78.